The maximum Gasteiger partial charge on any atom is 0.274 e. The fourth-order valence-electron chi connectivity index (χ4n) is 2.87. The molecule has 1 aliphatic rings. The number of rotatable bonds is 5. The van der Waals surface area contributed by atoms with Crippen LogP contribution in [0.4, 0.5) is 14.5 Å². The molecule has 4 rings (SSSR count). The number of amides is 2. The van der Waals surface area contributed by atoms with Gasteiger partial charge in [0.05, 0.1) is 0 Å². The summed E-state index contributed by atoms with van der Waals surface area (Å²) in [4.78, 5) is 28.6. The minimum atomic E-state index is -0.537. The first-order valence-electron chi connectivity index (χ1n) is 9.01. The van der Waals surface area contributed by atoms with Crippen molar-refractivity contribution in [2.75, 3.05) is 11.9 Å². The van der Waals surface area contributed by atoms with Crippen molar-refractivity contribution >= 4 is 23.2 Å². The number of benzene rings is 2. The molecule has 30 heavy (non-hydrogen) atoms. The lowest BCUT2D eigenvalue weighted by atomic mass is 10.1. The predicted molar refractivity (Wildman–Crippen MR) is 102 cm³/mol. The largest absolute Gasteiger partial charge is 0.332 e. The molecule has 152 valence electrons. The normalized spacial score (nSPS) is 13.9. The van der Waals surface area contributed by atoms with Crippen molar-refractivity contribution in [3.05, 3.63) is 66.1 Å². The number of hydrazone groups is 1. The first-order valence-corrected chi connectivity index (χ1v) is 9.01. The molecule has 1 aromatic heterocycles. The first kappa shape index (κ1) is 19.4. The fourth-order valence-corrected chi connectivity index (χ4v) is 2.87. The third-order valence-corrected chi connectivity index (χ3v) is 4.26. The summed E-state index contributed by atoms with van der Waals surface area (Å²) in [7, 11) is 0. The van der Waals surface area contributed by atoms with Gasteiger partial charge in [0.2, 0.25) is 17.6 Å². The van der Waals surface area contributed by atoms with Gasteiger partial charge in [0.1, 0.15) is 23.9 Å². The number of nitrogens with zero attached hydrogens (tertiary/aromatic N) is 4. The van der Waals surface area contributed by atoms with E-state index in [9.17, 15) is 18.4 Å². The standard InChI is InChI=1S/C20H15F2N5O3/c21-13-4-1-3-12(9-13)19-24-20(30-26-19)16-7-8-18(29)27(25-16)11-17(28)23-15-6-2-5-14(22)10-15/h1-6,9-10H,7-8,11H2,(H,23,28). The van der Waals surface area contributed by atoms with Crippen molar-refractivity contribution < 1.29 is 22.9 Å². The van der Waals surface area contributed by atoms with Gasteiger partial charge in [-0.25, -0.2) is 13.8 Å². The Kier molecular flexibility index (Phi) is 5.29. The topological polar surface area (TPSA) is 101 Å². The number of carbonyl (C=O) groups excluding carboxylic acids is 2. The summed E-state index contributed by atoms with van der Waals surface area (Å²) in [6.45, 7) is -0.357. The van der Waals surface area contributed by atoms with Crippen molar-refractivity contribution in [1.82, 2.24) is 15.1 Å². The summed E-state index contributed by atoms with van der Waals surface area (Å²) in [5.74, 6) is -1.55. The van der Waals surface area contributed by atoms with Crippen LogP contribution in [-0.4, -0.2) is 39.2 Å². The Bertz CT molecular complexity index is 1140. The van der Waals surface area contributed by atoms with Crippen molar-refractivity contribution in [3.8, 4) is 11.4 Å². The minimum absolute atomic E-state index is 0.0808. The lowest BCUT2D eigenvalue weighted by molar-refractivity contribution is -0.135. The third kappa shape index (κ3) is 4.37. The van der Waals surface area contributed by atoms with E-state index in [0.29, 0.717) is 11.3 Å². The van der Waals surface area contributed by atoms with Gasteiger partial charge in [-0.3, -0.25) is 9.59 Å². The Balaban J connectivity index is 1.49. The molecule has 0 unspecified atom stereocenters. The number of aromatic nitrogens is 2. The summed E-state index contributed by atoms with van der Waals surface area (Å²) in [6, 6.07) is 11.1. The maximum absolute atomic E-state index is 13.4. The highest BCUT2D eigenvalue weighted by atomic mass is 19.1. The molecule has 0 saturated heterocycles. The van der Waals surface area contributed by atoms with Gasteiger partial charge in [-0.15, -0.1) is 0 Å². The lowest BCUT2D eigenvalue weighted by Crippen LogP contribution is -2.38. The molecular weight excluding hydrogens is 396 g/mol. The molecule has 0 spiro atoms. The molecule has 0 aliphatic carbocycles. The number of hydrogen-bond donors (Lipinski definition) is 1. The van der Waals surface area contributed by atoms with Crippen LogP contribution in [0.25, 0.3) is 11.4 Å². The molecular formula is C20H15F2N5O3. The average molecular weight is 411 g/mol. The van der Waals surface area contributed by atoms with Crippen LogP contribution in [-0.2, 0) is 9.59 Å². The quantitative estimate of drug-likeness (QED) is 0.696. The van der Waals surface area contributed by atoms with E-state index in [1.165, 1.54) is 36.4 Å². The second-order valence-corrected chi connectivity index (χ2v) is 6.49. The molecule has 1 aliphatic heterocycles. The van der Waals surface area contributed by atoms with Crippen molar-refractivity contribution in [2.24, 2.45) is 5.10 Å². The predicted octanol–water partition coefficient (Wildman–Crippen LogP) is 2.98. The van der Waals surface area contributed by atoms with E-state index in [-0.39, 0.29) is 42.7 Å². The molecule has 0 radical (unpaired) electrons. The zero-order valence-electron chi connectivity index (χ0n) is 15.5. The van der Waals surface area contributed by atoms with Gasteiger partial charge in [0, 0.05) is 24.1 Å². The van der Waals surface area contributed by atoms with Crippen LogP contribution in [0.15, 0.2) is 58.2 Å². The van der Waals surface area contributed by atoms with Crippen molar-refractivity contribution in [1.29, 1.82) is 0 Å². The number of nitrogens with one attached hydrogen (secondary N) is 1. The first-order chi connectivity index (χ1) is 14.5. The highest BCUT2D eigenvalue weighted by Crippen LogP contribution is 2.20. The SMILES string of the molecule is O=C(CN1N=C(c2nc(-c3cccc(F)c3)no2)CCC1=O)Nc1cccc(F)c1. The molecule has 0 fully saturated rings. The molecule has 0 saturated carbocycles. The van der Waals surface area contributed by atoms with Gasteiger partial charge in [0.15, 0.2) is 0 Å². The smallest absolute Gasteiger partial charge is 0.274 e. The number of hydrogen-bond acceptors (Lipinski definition) is 6. The Morgan fingerprint density at radius 2 is 1.87 bits per heavy atom. The van der Waals surface area contributed by atoms with Crippen LogP contribution in [0, 0.1) is 11.6 Å². The number of anilines is 1. The summed E-state index contributed by atoms with van der Waals surface area (Å²) in [5.41, 5.74) is 1.04. The molecule has 0 bridgehead atoms. The van der Waals surface area contributed by atoms with Gasteiger partial charge in [-0.1, -0.05) is 23.4 Å². The molecule has 2 aromatic carbocycles. The second kappa shape index (κ2) is 8.19. The van der Waals surface area contributed by atoms with Gasteiger partial charge in [0.25, 0.3) is 5.89 Å². The van der Waals surface area contributed by atoms with Crippen molar-refractivity contribution in [2.45, 2.75) is 12.8 Å². The summed E-state index contributed by atoms with van der Waals surface area (Å²) >= 11 is 0. The van der Waals surface area contributed by atoms with E-state index in [1.807, 2.05) is 0 Å². The lowest BCUT2D eigenvalue weighted by Gasteiger charge is -2.21. The minimum Gasteiger partial charge on any atom is -0.332 e. The highest BCUT2D eigenvalue weighted by Gasteiger charge is 2.26. The maximum atomic E-state index is 13.4. The van der Waals surface area contributed by atoms with Crippen molar-refractivity contribution in [3.63, 3.8) is 0 Å². The zero-order chi connectivity index (χ0) is 21.1. The van der Waals surface area contributed by atoms with Crippen LogP contribution in [0.1, 0.15) is 18.7 Å². The van der Waals surface area contributed by atoms with E-state index >= 15 is 0 Å². The zero-order valence-corrected chi connectivity index (χ0v) is 15.5. The Morgan fingerprint density at radius 3 is 2.63 bits per heavy atom. The number of carbonyl (C=O) groups is 2. The second-order valence-electron chi connectivity index (χ2n) is 6.49. The summed E-state index contributed by atoms with van der Waals surface area (Å²) < 4.78 is 31.8. The van der Waals surface area contributed by atoms with Gasteiger partial charge in [-0.05, 0) is 30.3 Å². The Hall–Kier alpha value is -3.95. The third-order valence-electron chi connectivity index (χ3n) is 4.26. The molecule has 2 heterocycles. The molecule has 2 amide bonds. The van der Waals surface area contributed by atoms with Gasteiger partial charge >= 0.3 is 0 Å². The van der Waals surface area contributed by atoms with Crippen LogP contribution >= 0.6 is 0 Å². The van der Waals surface area contributed by atoms with Crippen LogP contribution < -0.4 is 5.32 Å². The Labute approximate surface area is 169 Å². The monoisotopic (exact) mass is 411 g/mol. The molecule has 8 nitrogen and oxygen atoms in total. The number of halogens is 2. The molecule has 0 atom stereocenters. The summed E-state index contributed by atoms with van der Waals surface area (Å²) in [5, 5.41) is 11.5. The fraction of sp³-hybridized carbons (Fsp3) is 0.150. The van der Waals surface area contributed by atoms with Crippen LogP contribution in [0.5, 0.6) is 0 Å². The molecule has 10 heteroatoms. The van der Waals surface area contributed by atoms with E-state index < -0.39 is 17.5 Å². The molecule has 3 aromatic rings. The van der Waals surface area contributed by atoms with Gasteiger partial charge < -0.3 is 9.84 Å². The van der Waals surface area contributed by atoms with Crippen LogP contribution in [0.3, 0.4) is 0 Å². The average Bonchev–Trinajstić information content (AvgIpc) is 3.20. The van der Waals surface area contributed by atoms with E-state index in [0.717, 1.165) is 11.1 Å². The Morgan fingerprint density at radius 1 is 1.10 bits per heavy atom. The highest BCUT2D eigenvalue weighted by molar-refractivity contribution is 6.02. The van der Waals surface area contributed by atoms with E-state index in [1.54, 1.807) is 6.07 Å². The van der Waals surface area contributed by atoms with E-state index in [2.05, 4.69) is 20.6 Å². The van der Waals surface area contributed by atoms with Crippen LogP contribution in [0.2, 0.25) is 0 Å². The van der Waals surface area contributed by atoms with Gasteiger partial charge in [-0.2, -0.15) is 10.1 Å². The summed E-state index contributed by atoms with van der Waals surface area (Å²) in [6.07, 6.45) is 0.357. The van der Waals surface area contributed by atoms with E-state index in [4.69, 9.17) is 4.52 Å². The molecule has 1 N–H and O–H groups in total.